The van der Waals surface area contributed by atoms with Crippen LogP contribution in [0.4, 0.5) is 14.6 Å². The minimum atomic E-state index is -3.07. The molecule has 0 amide bonds. The molecule has 2 atom stereocenters. The highest BCUT2D eigenvalue weighted by Gasteiger charge is 2.23. The molecular formula is C17H20F2N8O2S. The van der Waals surface area contributed by atoms with Crippen molar-refractivity contribution < 1.29 is 17.7 Å². The SMILES string of the molecule is N=S(N)(=O)CC[C@H]1CN(c2cc(-c3cnc4ccc(C(F)F)nn34)ncn2)CCO1. The molecule has 1 aliphatic rings. The molecule has 4 rings (SSSR count). The summed E-state index contributed by atoms with van der Waals surface area (Å²) in [5.41, 5.74) is 1.04. The van der Waals surface area contributed by atoms with Gasteiger partial charge in [0.15, 0.2) is 5.65 Å². The Morgan fingerprint density at radius 1 is 1.33 bits per heavy atom. The zero-order valence-corrected chi connectivity index (χ0v) is 16.6. The zero-order valence-electron chi connectivity index (χ0n) is 15.8. The second-order valence-corrected chi connectivity index (χ2v) is 8.75. The first-order valence-corrected chi connectivity index (χ1v) is 11.0. The van der Waals surface area contributed by atoms with E-state index in [9.17, 15) is 13.0 Å². The smallest absolute Gasteiger partial charge is 0.282 e. The number of imidazole rings is 1. The summed E-state index contributed by atoms with van der Waals surface area (Å²) in [5, 5.41) is 9.26. The standard InChI is InChI=1S/C17H20F2N8O2S/c18-17(19)12-1-2-15-22-8-14(27(15)25-12)13-7-16(24-10-23-13)26-4-5-29-11(9-26)3-6-30(20,21)28/h1-2,7-8,10-11,17H,3-6,9H2,(H3,20,21,28)/t11-/m0/s1. The van der Waals surface area contributed by atoms with Crippen LogP contribution in [-0.2, 0) is 14.7 Å². The van der Waals surface area contributed by atoms with Gasteiger partial charge in [-0.05, 0) is 18.6 Å². The van der Waals surface area contributed by atoms with Crippen LogP contribution in [0.1, 0.15) is 18.5 Å². The molecule has 1 fully saturated rings. The van der Waals surface area contributed by atoms with Crippen LogP contribution in [0.15, 0.2) is 30.7 Å². The van der Waals surface area contributed by atoms with Crippen molar-refractivity contribution in [2.45, 2.75) is 19.0 Å². The summed E-state index contributed by atoms with van der Waals surface area (Å²) < 4.78 is 51.8. The van der Waals surface area contributed by atoms with E-state index >= 15 is 0 Å². The van der Waals surface area contributed by atoms with Crippen LogP contribution >= 0.6 is 0 Å². The Hall–Kier alpha value is -2.77. The zero-order chi connectivity index (χ0) is 21.3. The van der Waals surface area contributed by atoms with Crippen LogP contribution in [0, 0.1) is 4.78 Å². The molecule has 0 spiro atoms. The lowest BCUT2D eigenvalue weighted by molar-refractivity contribution is 0.0387. The van der Waals surface area contributed by atoms with Crippen molar-refractivity contribution in [3.63, 3.8) is 0 Å². The number of nitrogens with zero attached hydrogens (tertiary/aromatic N) is 6. The number of hydrogen-bond acceptors (Lipinski definition) is 8. The number of rotatable bonds is 6. The number of ether oxygens (including phenoxy) is 1. The maximum atomic E-state index is 13.0. The van der Waals surface area contributed by atoms with E-state index in [1.807, 2.05) is 4.90 Å². The third-order valence-corrected chi connectivity index (χ3v) is 5.57. The molecule has 30 heavy (non-hydrogen) atoms. The van der Waals surface area contributed by atoms with E-state index in [0.29, 0.717) is 49.0 Å². The van der Waals surface area contributed by atoms with Gasteiger partial charge in [-0.1, -0.05) is 0 Å². The van der Waals surface area contributed by atoms with Crippen LogP contribution < -0.4 is 10.0 Å². The number of halogens is 2. The van der Waals surface area contributed by atoms with Crippen LogP contribution in [0.2, 0.25) is 0 Å². The number of morpholine rings is 1. The van der Waals surface area contributed by atoms with Crippen LogP contribution in [0.3, 0.4) is 0 Å². The van der Waals surface area contributed by atoms with Crippen molar-refractivity contribution in [2.24, 2.45) is 5.14 Å². The first-order chi connectivity index (χ1) is 14.3. The topological polar surface area (TPSA) is 135 Å². The van der Waals surface area contributed by atoms with Gasteiger partial charge in [-0.25, -0.2) is 42.4 Å². The van der Waals surface area contributed by atoms with Gasteiger partial charge >= 0.3 is 0 Å². The first kappa shape index (κ1) is 20.5. The van der Waals surface area contributed by atoms with Gasteiger partial charge in [0.2, 0.25) is 0 Å². The van der Waals surface area contributed by atoms with Crippen molar-refractivity contribution >= 4 is 21.4 Å². The average Bonchev–Trinajstić information content (AvgIpc) is 3.15. The van der Waals surface area contributed by atoms with E-state index in [2.05, 4.69) is 20.1 Å². The summed E-state index contributed by atoms with van der Waals surface area (Å²) in [6, 6.07) is 4.46. The molecule has 3 aromatic rings. The lowest BCUT2D eigenvalue weighted by atomic mass is 10.2. The maximum Gasteiger partial charge on any atom is 0.282 e. The summed E-state index contributed by atoms with van der Waals surface area (Å²) in [7, 11) is -3.07. The van der Waals surface area contributed by atoms with Gasteiger partial charge in [-0.3, -0.25) is 0 Å². The molecule has 0 aromatic carbocycles. The number of aromatic nitrogens is 5. The Labute approximate surface area is 171 Å². The molecule has 0 aliphatic carbocycles. The largest absolute Gasteiger partial charge is 0.375 e. The molecule has 0 bridgehead atoms. The molecule has 1 saturated heterocycles. The van der Waals surface area contributed by atoms with Gasteiger partial charge in [0.05, 0.1) is 24.6 Å². The molecule has 3 aromatic heterocycles. The third-order valence-electron chi connectivity index (χ3n) is 4.73. The predicted molar refractivity (Wildman–Crippen MR) is 105 cm³/mol. The van der Waals surface area contributed by atoms with Crippen LogP contribution in [0.25, 0.3) is 17.0 Å². The van der Waals surface area contributed by atoms with Crippen molar-refractivity contribution in [3.05, 3.63) is 36.4 Å². The van der Waals surface area contributed by atoms with E-state index in [0.717, 1.165) is 0 Å². The molecule has 0 saturated carbocycles. The van der Waals surface area contributed by atoms with E-state index in [1.54, 1.807) is 6.07 Å². The van der Waals surface area contributed by atoms with Crippen LogP contribution in [-0.4, -0.2) is 60.3 Å². The highest BCUT2D eigenvalue weighted by atomic mass is 32.2. The van der Waals surface area contributed by atoms with E-state index < -0.39 is 16.3 Å². The summed E-state index contributed by atoms with van der Waals surface area (Å²) in [5.74, 6) is 0.688. The van der Waals surface area contributed by atoms with Gasteiger partial charge in [0, 0.05) is 24.9 Å². The normalized spacial score (nSPS) is 19.3. The fourth-order valence-electron chi connectivity index (χ4n) is 3.25. The molecule has 4 heterocycles. The lowest BCUT2D eigenvalue weighted by Gasteiger charge is -2.33. The Balaban J connectivity index is 1.59. The Kier molecular flexibility index (Phi) is 5.58. The Morgan fingerprint density at radius 3 is 2.93 bits per heavy atom. The molecule has 10 nitrogen and oxygen atoms in total. The summed E-state index contributed by atoms with van der Waals surface area (Å²) in [6.07, 6.45) is 0.404. The van der Waals surface area contributed by atoms with E-state index in [4.69, 9.17) is 14.7 Å². The number of hydrogen-bond donors (Lipinski definition) is 2. The van der Waals surface area contributed by atoms with Gasteiger partial charge in [0.25, 0.3) is 6.43 Å². The summed E-state index contributed by atoms with van der Waals surface area (Å²) >= 11 is 0. The molecule has 1 unspecified atom stereocenters. The highest BCUT2D eigenvalue weighted by Crippen LogP contribution is 2.24. The number of nitrogens with one attached hydrogen (secondary N) is 1. The van der Waals surface area contributed by atoms with Gasteiger partial charge in [-0.15, -0.1) is 0 Å². The van der Waals surface area contributed by atoms with Crippen LogP contribution in [0.5, 0.6) is 0 Å². The quantitative estimate of drug-likeness (QED) is 0.597. The molecule has 160 valence electrons. The van der Waals surface area contributed by atoms with Crippen molar-refractivity contribution in [1.29, 1.82) is 4.78 Å². The number of fused-ring (bicyclic) bond motifs is 1. The predicted octanol–water partition coefficient (Wildman–Crippen LogP) is 1.64. The summed E-state index contributed by atoms with van der Waals surface area (Å²) in [4.78, 5) is 14.8. The van der Waals surface area contributed by atoms with Crippen molar-refractivity contribution in [2.75, 3.05) is 30.3 Å². The second kappa shape index (κ2) is 8.16. The fourth-order valence-corrected chi connectivity index (χ4v) is 3.86. The Bertz CT molecular complexity index is 1150. The average molecular weight is 438 g/mol. The lowest BCUT2D eigenvalue weighted by Crippen LogP contribution is -2.43. The van der Waals surface area contributed by atoms with E-state index in [-0.39, 0.29) is 17.6 Å². The third kappa shape index (κ3) is 4.52. The summed E-state index contributed by atoms with van der Waals surface area (Å²) in [6.45, 7) is 1.53. The van der Waals surface area contributed by atoms with Crippen molar-refractivity contribution in [3.8, 4) is 11.4 Å². The number of nitrogens with two attached hydrogens (primary N) is 1. The maximum absolute atomic E-state index is 13.0. The number of alkyl halides is 2. The fraction of sp³-hybridized carbons (Fsp3) is 0.412. The van der Waals surface area contributed by atoms with E-state index in [1.165, 1.54) is 29.2 Å². The van der Waals surface area contributed by atoms with Gasteiger partial charge in [-0.2, -0.15) is 5.10 Å². The molecular weight excluding hydrogens is 418 g/mol. The number of anilines is 1. The van der Waals surface area contributed by atoms with Gasteiger partial charge < -0.3 is 9.64 Å². The molecule has 1 aliphatic heterocycles. The molecule has 3 N–H and O–H groups in total. The van der Waals surface area contributed by atoms with Gasteiger partial charge in [0.1, 0.15) is 33.4 Å². The Morgan fingerprint density at radius 2 is 2.17 bits per heavy atom. The minimum Gasteiger partial charge on any atom is -0.375 e. The monoisotopic (exact) mass is 438 g/mol. The van der Waals surface area contributed by atoms with Crippen molar-refractivity contribution in [1.82, 2.24) is 24.6 Å². The minimum absolute atomic E-state index is 0.0560. The second-order valence-electron chi connectivity index (χ2n) is 6.89. The highest BCUT2D eigenvalue weighted by molar-refractivity contribution is 7.90. The molecule has 13 heteroatoms. The first-order valence-electron chi connectivity index (χ1n) is 9.16. The molecule has 0 radical (unpaired) electrons.